The van der Waals surface area contributed by atoms with Crippen molar-refractivity contribution in [2.75, 3.05) is 10.6 Å². The first kappa shape index (κ1) is 16.0. The molecule has 1 N–H and O–H groups in total. The Balaban J connectivity index is 2.32. The smallest absolute Gasteiger partial charge is 0.232 e. The molecule has 0 aromatic heterocycles. The van der Waals surface area contributed by atoms with Gasteiger partial charge < -0.3 is 5.11 Å². The van der Waals surface area contributed by atoms with E-state index in [9.17, 15) is 8.42 Å². The van der Waals surface area contributed by atoms with Gasteiger partial charge >= 0.3 is 0 Å². The lowest BCUT2D eigenvalue weighted by Gasteiger charge is -2.22. The highest BCUT2D eigenvalue weighted by Crippen LogP contribution is 2.21. The van der Waals surface area contributed by atoms with Crippen molar-refractivity contribution >= 4 is 15.7 Å². The molecule has 0 heterocycles. The van der Waals surface area contributed by atoms with Crippen LogP contribution in [-0.4, -0.2) is 19.8 Å². The van der Waals surface area contributed by atoms with E-state index in [1.54, 1.807) is 48.5 Å². The standard InChI is InChI=1S/C16H16N2O3S/c1-22(20,21)18(16-8-6-13(10-17)7-9-16)11-14-2-4-15(12-19)5-3-14/h2-9,19H,11-12H2,1H3. The monoisotopic (exact) mass is 316 g/mol. The van der Waals surface area contributed by atoms with Gasteiger partial charge in [-0.1, -0.05) is 24.3 Å². The zero-order valence-corrected chi connectivity index (χ0v) is 12.9. The number of nitriles is 1. The Labute approximate surface area is 130 Å². The lowest BCUT2D eigenvalue weighted by molar-refractivity contribution is 0.282. The molecular weight excluding hydrogens is 300 g/mol. The molecule has 0 unspecified atom stereocenters. The van der Waals surface area contributed by atoms with E-state index in [1.165, 1.54) is 4.31 Å². The number of rotatable bonds is 5. The molecule has 0 spiro atoms. The highest BCUT2D eigenvalue weighted by atomic mass is 32.2. The number of aliphatic hydroxyl groups excluding tert-OH is 1. The van der Waals surface area contributed by atoms with E-state index in [4.69, 9.17) is 10.4 Å². The molecule has 114 valence electrons. The van der Waals surface area contributed by atoms with Gasteiger partial charge in [0.1, 0.15) is 0 Å². The van der Waals surface area contributed by atoms with Crippen LogP contribution in [0.3, 0.4) is 0 Å². The van der Waals surface area contributed by atoms with Crippen LogP contribution in [0.1, 0.15) is 16.7 Å². The zero-order valence-electron chi connectivity index (χ0n) is 12.1. The minimum atomic E-state index is -3.45. The van der Waals surface area contributed by atoms with Crippen molar-refractivity contribution < 1.29 is 13.5 Å². The summed E-state index contributed by atoms with van der Waals surface area (Å²) in [6, 6.07) is 15.5. The van der Waals surface area contributed by atoms with E-state index in [2.05, 4.69) is 0 Å². The van der Waals surface area contributed by atoms with Gasteiger partial charge in [-0.15, -0.1) is 0 Å². The van der Waals surface area contributed by atoms with Gasteiger partial charge in [-0.25, -0.2) is 8.42 Å². The second kappa shape index (κ2) is 6.60. The van der Waals surface area contributed by atoms with Crippen molar-refractivity contribution in [3.63, 3.8) is 0 Å². The average Bonchev–Trinajstić information content (AvgIpc) is 2.52. The Bertz CT molecular complexity index is 776. The van der Waals surface area contributed by atoms with Gasteiger partial charge in [0, 0.05) is 0 Å². The molecule has 0 saturated heterocycles. The van der Waals surface area contributed by atoms with Gasteiger partial charge in [-0.2, -0.15) is 5.26 Å². The van der Waals surface area contributed by atoms with Crippen LogP contribution in [0.2, 0.25) is 0 Å². The minimum absolute atomic E-state index is 0.0499. The van der Waals surface area contributed by atoms with Crippen LogP contribution in [0.25, 0.3) is 0 Å². The molecule has 0 bridgehead atoms. The summed E-state index contributed by atoms with van der Waals surface area (Å²) in [5.41, 5.74) is 2.57. The number of nitrogens with zero attached hydrogens (tertiary/aromatic N) is 2. The van der Waals surface area contributed by atoms with Gasteiger partial charge in [0.15, 0.2) is 0 Å². The van der Waals surface area contributed by atoms with E-state index in [1.807, 2.05) is 6.07 Å². The Kier molecular flexibility index (Phi) is 4.81. The molecule has 22 heavy (non-hydrogen) atoms. The summed E-state index contributed by atoms with van der Waals surface area (Å²) in [6.07, 6.45) is 1.15. The SMILES string of the molecule is CS(=O)(=O)N(Cc1ccc(CO)cc1)c1ccc(C#N)cc1. The van der Waals surface area contributed by atoms with E-state index in [0.29, 0.717) is 11.3 Å². The summed E-state index contributed by atoms with van der Waals surface area (Å²) >= 11 is 0. The fourth-order valence-electron chi connectivity index (χ4n) is 2.02. The van der Waals surface area contributed by atoms with Crippen molar-refractivity contribution in [1.82, 2.24) is 0 Å². The Hall–Kier alpha value is -2.36. The third kappa shape index (κ3) is 3.85. The summed E-state index contributed by atoms with van der Waals surface area (Å²) in [4.78, 5) is 0. The lowest BCUT2D eigenvalue weighted by Crippen LogP contribution is -2.29. The van der Waals surface area contributed by atoms with Crippen molar-refractivity contribution in [1.29, 1.82) is 5.26 Å². The summed E-state index contributed by atoms with van der Waals surface area (Å²) < 4.78 is 25.3. The highest BCUT2D eigenvalue weighted by Gasteiger charge is 2.17. The van der Waals surface area contributed by atoms with Crippen LogP contribution < -0.4 is 4.31 Å². The maximum Gasteiger partial charge on any atom is 0.232 e. The molecular formula is C16H16N2O3S. The van der Waals surface area contributed by atoms with Gasteiger partial charge in [0.05, 0.1) is 36.7 Å². The van der Waals surface area contributed by atoms with Crippen LogP contribution in [-0.2, 0) is 23.2 Å². The fraction of sp³-hybridized carbons (Fsp3) is 0.188. The van der Waals surface area contributed by atoms with Crippen molar-refractivity contribution in [3.05, 3.63) is 65.2 Å². The Morgan fingerprint density at radius 2 is 1.59 bits per heavy atom. The summed E-state index contributed by atoms with van der Waals surface area (Å²) in [6.45, 7) is 0.141. The molecule has 2 aromatic carbocycles. The first-order valence-electron chi connectivity index (χ1n) is 6.60. The molecule has 6 heteroatoms. The number of benzene rings is 2. The predicted octanol–water partition coefficient (Wildman–Crippen LogP) is 2.02. The molecule has 0 aliphatic carbocycles. The minimum Gasteiger partial charge on any atom is -0.392 e. The molecule has 0 radical (unpaired) electrons. The molecule has 0 aliphatic heterocycles. The van der Waals surface area contributed by atoms with E-state index in [0.717, 1.165) is 17.4 Å². The fourth-order valence-corrected chi connectivity index (χ4v) is 2.91. The number of aliphatic hydroxyl groups is 1. The zero-order chi connectivity index (χ0) is 16.2. The van der Waals surface area contributed by atoms with Crippen molar-refractivity contribution in [2.24, 2.45) is 0 Å². The third-order valence-corrected chi connectivity index (χ3v) is 4.36. The molecule has 0 amide bonds. The quantitative estimate of drug-likeness (QED) is 0.915. The number of sulfonamides is 1. The number of anilines is 1. The molecule has 0 fully saturated rings. The molecule has 2 aromatic rings. The second-order valence-electron chi connectivity index (χ2n) is 4.90. The van der Waals surface area contributed by atoms with Gasteiger partial charge in [-0.05, 0) is 35.4 Å². The summed E-state index contributed by atoms with van der Waals surface area (Å²) in [5, 5.41) is 17.8. The van der Waals surface area contributed by atoms with Gasteiger partial charge in [0.25, 0.3) is 0 Å². The lowest BCUT2D eigenvalue weighted by atomic mass is 10.1. The molecule has 0 atom stereocenters. The van der Waals surface area contributed by atoms with Crippen LogP contribution >= 0.6 is 0 Å². The summed E-state index contributed by atoms with van der Waals surface area (Å²) in [7, 11) is -3.45. The largest absolute Gasteiger partial charge is 0.392 e. The Morgan fingerprint density at radius 1 is 1.05 bits per heavy atom. The van der Waals surface area contributed by atoms with E-state index < -0.39 is 10.0 Å². The third-order valence-electron chi connectivity index (χ3n) is 3.22. The highest BCUT2D eigenvalue weighted by molar-refractivity contribution is 7.92. The number of hydrogen-bond donors (Lipinski definition) is 1. The van der Waals surface area contributed by atoms with E-state index >= 15 is 0 Å². The molecule has 5 nitrogen and oxygen atoms in total. The van der Waals surface area contributed by atoms with Crippen molar-refractivity contribution in [3.8, 4) is 6.07 Å². The predicted molar refractivity (Wildman–Crippen MR) is 84.5 cm³/mol. The molecule has 0 aliphatic rings. The number of hydrogen-bond acceptors (Lipinski definition) is 4. The Morgan fingerprint density at radius 3 is 2.05 bits per heavy atom. The van der Waals surface area contributed by atoms with Crippen LogP contribution in [0.15, 0.2) is 48.5 Å². The summed E-state index contributed by atoms with van der Waals surface area (Å²) in [5.74, 6) is 0. The molecule has 0 saturated carbocycles. The van der Waals surface area contributed by atoms with Crippen LogP contribution in [0, 0.1) is 11.3 Å². The van der Waals surface area contributed by atoms with Gasteiger partial charge in [-0.3, -0.25) is 4.31 Å². The molecule has 2 rings (SSSR count). The normalized spacial score (nSPS) is 11.0. The van der Waals surface area contributed by atoms with Crippen molar-refractivity contribution in [2.45, 2.75) is 13.2 Å². The average molecular weight is 316 g/mol. The topological polar surface area (TPSA) is 81.4 Å². The second-order valence-corrected chi connectivity index (χ2v) is 6.81. The first-order valence-corrected chi connectivity index (χ1v) is 8.45. The first-order chi connectivity index (χ1) is 10.4. The maximum absolute atomic E-state index is 12.0. The van der Waals surface area contributed by atoms with Gasteiger partial charge in [0.2, 0.25) is 10.0 Å². The van der Waals surface area contributed by atoms with E-state index in [-0.39, 0.29) is 13.2 Å². The maximum atomic E-state index is 12.0. The van der Waals surface area contributed by atoms with Crippen LogP contribution in [0.4, 0.5) is 5.69 Å². The van der Waals surface area contributed by atoms with Crippen LogP contribution in [0.5, 0.6) is 0 Å².